The SMILES string of the molecule is Cc1ccc(C(C)(C)O)cc1-c1ccc2c(c1)N(C)S(=O)(=O)N2CC1CC1. The largest absolute Gasteiger partial charge is 0.386 e. The predicted octanol–water partition coefficient (Wildman–Crippen LogP) is 3.80. The van der Waals surface area contributed by atoms with E-state index < -0.39 is 15.8 Å². The van der Waals surface area contributed by atoms with Crippen LogP contribution in [0.15, 0.2) is 36.4 Å². The van der Waals surface area contributed by atoms with E-state index in [0.717, 1.165) is 40.8 Å². The molecule has 0 unspecified atom stereocenters. The summed E-state index contributed by atoms with van der Waals surface area (Å²) in [6.45, 7) is 6.11. The van der Waals surface area contributed by atoms with Gasteiger partial charge < -0.3 is 5.11 Å². The zero-order valence-electron chi connectivity index (χ0n) is 16.2. The van der Waals surface area contributed by atoms with Gasteiger partial charge in [-0.2, -0.15) is 8.42 Å². The highest BCUT2D eigenvalue weighted by molar-refractivity contribution is 7.94. The minimum Gasteiger partial charge on any atom is -0.386 e. The van der Waals surface area contributed by atoms with Gasteiger partial charge in [-0.25, -0.2) is 0 Å². The van der Waals surface area contributed by atoms with Crippen LogP contribution < -0.4 is 8.61 Å². The molecule has 6 heteroatoms. The lowest BCUT2D eigenvalue weighted by Gasteiger charge is -2.20. The van der Waals surface area contributed by atoms with Crippen molar-refractivity contribution in [1.29, 1.82) is 0 Å². The van der Waals surface area contributed by atoms with Gasteiger partial charge in [-0.15, -0.1) is 0 Å². The Labute approximate surface area is 161 Å². The molecule has 144 valence electrons. The summed E-state index contributed by atoms with van der Waals surface area (Å²) in [6.07, 6.45) is 2.21. The number of fused-ring (bicyclic) bond motifs is 1. The smallest absolute Gasteiger partial charge is 0.326 e. The second-order valence-electron chi connectivity index (χ2n) is 8.24. The standard InChI is InChI=1S/C21H26N2O3S/c1-14-5-9-17(21(2,3)24)12-18(14)16-8-10-19-20(11-16)22(4)27(25,26)23(19)13-15-6-7-15/h5,8-12,15,24H,6-7,13H2,1-4H3. The highest BCUT2D eigenvalue weighted by Gasteiger charge is 2.41. The molecule has 0 spiro atoms. The third kappa shape index (κ3) is 3.11. The third-order valence-corrected chi connectivity index (χ3v) is 7.38. The maximum absolute atomic E-state index is 12.8. The molecule has 1 fully saturated rings. The van der Waals surface area contributed by atoms with Crippen molar-refractivity contribution in [2.45, 2.75) is 39.2 Å². The highest BCUT2D eigenvalue weighted by Crippen LogP contribution is 2.45. The number of nitrogens with zero attached hydrogens (tertiary/aromatic N) is 2. The fraction of sp³-hybridized carbons (Fsp3) is 0.429. The topological polar surface area (TPSA) is 60.9 Å². The molecular formula is C21H26N2O3S. The molecule has 0 saturated heterocycles. The van der Waals surface area contributed by atoms with E-state index >= 15 is 0 Å². The zero-order valence-corrected chi connectivity index (χ0v) is 17.0. The number of benzene rings is 2. The lowest BCUT2D eigenvalue weighted by atomic mass is 9.91. The van der Waals surface area contributed by atoms with E-state index in [-0.39, 0.29) is 0 Å². The monoisotopic (exact) mass is 386 g/mol. The van der Waals surface area contributed by atoms with E-state index in [2.05, 4.69) is 0 Å². The molecule has 27 heavy (non-hydrogen) atoms. The number of aliphatic hydroxyl groups is 1. The van der Waals surface area contributed by atoms with Crippen molar-refractivity contribution in [3.8, 4) is 11.1 Å². The quantitative estimate of drug-likeness (QED) is 0.869. The van der Waals surface area contributed by atoms with Crippen molar-refractivity contribution in [3.05, 3.63) is 47.5 Å². The van der Waals surface area contributed by atoms with Crippen molar-refractivity contribution < 1.29 is 13.5 Å². The number of anilines is 2. The van der Waals surface area contributed by atoms with Crippen LogP contribution in [0.1, 0.15) is 37.8 Å². The van der Waals surface area contributed by atoms with Crippen LogP contribution in [0, 0.1) is 12.8 Å². The van der Waals surface area contributed by atoms with Gasteiger partial charge in [0.2, 0.25) is 0 Å². The maximum Gasteiger partial charge on any atom is 0.326 e. The fourth-order valence-electron chi connectivity index (χ4n) is 3.59. The number of hydrogen-bond acceptors (Lipinski definition) is 3. The Morgan fingerprint density at radius 1 is 1.11 bits per heavy atom. The van der Waals surface area contributed by atoms with Gasteiger partial charge in [0.15, 0.2) is 0 Å². The van der Waals surface area contributed by atoms with Crippen LogP contribution >= 0.6 is 0 Å². The number of rotatable bonds is 4. The molecule has 1 aliphatic heterocycles. The maximum atomic E-state index is 12.8. The molecule has 2 aromatic carbocycles. The summed E-state index contributed by atoms with van der Waals surface area (Å²) in [4.78, 5) is 0. The van der Waals surface area contributed by atoms with Crippen LogP contribution in [-0.4, -0.2) is 27.1 Å². The summed E-state index contributed by atoms with van der Waals surface area (Å²) in [5.41, 5.74) is 4.41. The predicted molar refractivity (Wildman–Crippen MR) is 109 cm³/mol. The zero-order chi connectivity index (χ0) is 19.6. The first-order chi connectivity index (χ1) is 12.6. The van der Waals surface area contributed by atoms with Crippen LogP contribution in [0.5, 0.6) is 0 Å². The minimum atomic E-state index is -3.49. The molecule has 1 saturated carbocycles. The van der Waals surface area contributed by atoms with Crippen LogP contribution in [-0.2, 0) is 15.8 Å². The summed E-state index contributed by atoms with van der Waals surface area (Å²) in [7, 11) is -1.88. The second-order valence-corrected chi connectivity index (χ2v) is 10.1. The summed E-state index contributed by atoms with van der Waals surface area (Å²) >= 11 is 0. The molecule has 1 aliphatic carbocycles. The summed E-state index contributed by atoms with van der Waals surface area (Å²) in [5, 5.41) is 10.3. The second kappa shape index (κ2) is 5.97. The summed E-state index contributed by atoms with van der Waals surface area (Å²) in [6, 6.07) is 11.7. The van der Waals surface area contributed by atoms with Gasteiger partial charge in [0.05, 0.1) is 17.0 Å². The molecule has 2 aliphatic rings. The minimum absolute atomic E-state index is 0.476. The van der Waals surface area contributed by atoms with Gasteiger partial charge in [0.25, 0.3) is 0 Å². The van der Waals surface area contributed by atoms with Crippen molar-refractivity contribution in [1.82, 2.24) is 0 Å². The molecule has 1 N–H and O–H groups in total. The first-order valence-electron chi connectivity index (χ1n) is 9.33. The lowest BCUT2D eigenvalue weighted by molar-refractivity contribution is 0.0786. The van der Waals surface area contributed by atoms with Crippen molar-refractivity contribution in [2.75, 3.05) is 22.2 Å². The first-order valence-corrected chi connectivity index (χ1v) is 10.7. The third-order valence-electron chi connectivity index (χ3n) is 5.58. The molecule has 4 rings (SSSR count). The van der Waals surface area contributed by atoms with Gasteiger partial charge in [0, 0.05) is 13.6 Å². The molecular weight excluding hydrogens is 360 g/mol. The Bertz CT molecular complexity index is 1000. The Balaban J connectivity index is 1.80. The van der Waals surface area contributed by atoms with Crippen molar-refractivity contribution >= 4 is 21.6 Å². The molecule has 2 aromatic rings. The molecule has 5 nitrogen and oxygen atoms in total. The number of hydrogen-bond donors (Lipinski definition) is 1. The van der Waals surface area contributed by atoms with Gasteiger partial charge in [-0.1, -0.05) is 18.2 Å². The lowest BCUT2D eigenvalue weighted by Crippen LogP contribution is -2.36. The van der Waals surface area contributed by atoms with Crippen LogP contribution in [0.2, 0.25) is 0 Å². The van der Waals surface area contributed by atoms with E-state index in [4.69, 9.17) is 0 Å². The summed E-state index contributed by atoms with van der Waals surface area (Å²) in [5.74, 6) is 0.476. The van der Waals surface area contributed by atoms with Crippen LogP contribution in [0.25, 0.3) is 11.1 Å². The molecule has 0 atom stereocenters. The van der Waals surface area contributed by atoms with E-state index in [9.17, 15) is 13.5 Å². The Hall–Kier alpha value is -2.05. The average molecular weight is 387 g/mol. The van der Waals surface area contributed by atoms with E-state index in [1.165, 1.54) is 4.31 Å². The summed E-state index contributed by atoms with van der Waals surface area (Å²) < 4.78 is 28.6. The van der Waals surface area contributed by atoms with Crippen LogP contribution in [0.3, 0.4) is 0 Å². The molecule has 0 bridgehead atoms. The van der Waals surface area contributed by atoms with E-state index in [1.54, 1.807) is 25.2 Å². The van der Waals surface area contributed by atoms with Crippen molar-refractivity contribution in [3.63, 3.8) is 0 Å². The fourth-order valence-corrected chi connectivity index (χ4v) is 5.08. The average Bonchev–Trinajstić information content (AvgIpc) is 3.39. The Morgan fingerprint density at radius 3 is 2.44 bits per heavy atom. The van der Waals surface area contributed by atoms with Crippen LogP contribution in [0.4, 0.5) is 11.4 Å². The van der Waals surface area contributed by atoms with E-state index in [0.29, 0.717) is 18.2 Å². The number of aryl methyl sites for hydroxylation is 1. The Morgan fingerprint density at radius 2 is 1.81 bits per heavy atom. The molecule has 1 heterocycles. The van der Waals surface area contributed by atoms with Gasteiger partial charge in [-0.3, -0.25) is 8.61 Å². The van der Waals surface area contributed by atoms with Gasteiger partial charge >= 0.3 is 10.2 Å². The van der Waals surface area contributed by atoms with Gasteiger partial charge in [-0.05, 0) is 80.0 Å². The van der Waals surface area contributed by atoms with E-state index in [1.807, 2.05) is 43.3 Å². The van der Waals surface area contributed by atoms with Gasteiger partial charge in [0.1, 0.15) is 0 Å². The molecule has 0 amide bonds. The van der Waals surface area contributed by atoms with Crippen molar-refractivity contribution in [2.24, 2.45) is 5.92 Å². The molecule has 0 radical (unpaired) electrons. The molecule has 0 aromatic heterocycles. The Kier molecular flexibility index (Phi) is 4.05. The normalized spacial score (nSPS) is 18.7. The highest BCUT2D eigenvalue weighted by atomic mass is 32.2. The first kappa shape index (κ1) is 18.3.